The van der Waals surface area contributed by atoms with Gasteiger partial charge >= 0.3 is 5.97 Å². The zero-order valence-electron chi connectivity index (χ0n) is 22.9. The van der Waals surface area contributed by atoms with Gasteiger partial charge in [-0.1, -0.05) is 49.2 Å². The van der Waals surface area contributed by atoms with E-state index in [0.29, 0.717) is 31.1 Å². The van der Waals surface area contributed by atoms with E-state index in [1.807, 2.05) is 48.5 Å². The molecule has 3 aromatic heterocycles. The second kappa shape index (κ2) is 11.3. The van der Waals surface area contributed by atoms with Gasteiger partial charge in [-0.25, -0.2) is 19.9 Å². The summed E-state index contributed by atoms with van der Waals surface area (Å²) in [6, 6.07) is 24.0. The maximum atomic E-state index is 12.3. The summed E-state index contributed by atoms with van der Waals surface area (Å²) in [5.41, 5.74) is 4.78. The zero-order chi connectivity index (χ0) is 28.5. The van der Waals surface area contributed by atoms with Crippen molar-refractivity contribution in [3.8, 4) is 17.1 Å². The van der Waals surface area contributed by atoms with Crippen molar-refractivity contribution in [2.45, 2.75) is 44.8 Å². The fourth-order valence-electron chi connectivity index (χ4n) is 5.92. The first kappa shape index (κ1) is 26.3. The van der Waals surface area contributed by atoms with Crippen LogP contribution in [0.2, 0.25) is 0 Å². The quantitative estimate of drug-likeness (QED) is 0.207. The molecule has 8 nitrogen and oxygen atoms in total. The number of aromatic nitrogens is 5. The number of aliphatic carboxylic acids is 1. The van der Waals surface area contributed by atoms with Crippen molar-refractivity contribution < 1.29 is 14.6 Å². The standard InChI is InChI=1S/C33H29N5O3S/c39-33(40)25-7-2-1-6-24(25)32-37-27-18-23(41-20-30-36-26-8-3-4-9-29(26)42-30)14-15-28(27)38(32)19-21-10-12-22(13-11-21)31-34-16-5-17-35-31/h3-5,8-18,24-25H,1-2,6-7,19-20H2,(H,39,40). The van der Waals surface area contributed by atoms with Gasteiger partial charge in [0.05, 0.1) is 27.2 Å². The second-order valence-electron chi connectivity index (χ2n) is 10.7. The van der Waals surface area contributed by atoms with Gasteiger partial charge in [0.25, 0.3) is 0 Å². The number of thiazole rings is 1. The van der Waals surface area contributed by atoms with Crippen molar-refractivity contribution >= 4 is 38.6 Å². The highest BCUT2D eigenvalue weighted by molar-refractivity contribution is 7.18. The van der Waals surface area contributed by atoms with Crippen molar-refractivity contribution in [3.63, 3.8) is 0 Å². The molecule has 0 aliphatic heterocycles. The highest BCUT2D eigenvalue weighted by Crippen LogP contribution is 2.39. The van der Waals surface area contributed by atoms with Crippen molar-refractivity contribution in [2.75, 3.05) is 0 Å². The normalized spacial score (nSPS) is 17.0. The average molecular weight is 576 g/mol. The SMILES string of the molecule is O=C(O)C1CCCCC1c1nc2cc(OCc3nc4ccccc4s3)ccc2n1Cc1ccc(-c2ncccn2)cc1. The van der Waals surface area contributed by atoms with Crippen LogP contribution >= 0.6 is 11.3 Å². The number of nitrogens with zero attached hydrogens (tertiary/aromatic N) is 5. The molecule has 3 aromatic carbocycles. The number of carboxylic acid groups (broad SMARTS) is 1. The lowest BCUT2D eigenvalue weighted by Gasteiger charge is -2.28. The van der Waals surface area contributed by atoms with Crippen LogP contribution in [0.1, 0.15) is 48.0 Å². The molecule has 6 aromatic rings. The Kier molecular flexibility index (Phi) is 7.09. The third-order valence-corrected chi connectivity index (χ3v) is 8.99. The Morgan fingerprint density at radius 1 is 0.929 bits per heavy atom. The van der Waals surface area contributed by atoms with Crippen molar-refractivity contribution in [3.05, 3.63) is 102 Å². The molecule has 7 rings (SSSR count). The monoisotopic (exact) mass is 575 g/mol. The van der Waals surface area contributed by atoms with Crippen LogP contribution in [0, 0.1) is 5.92 Å². The number of hydrogen-bond donors (Lipinski definition) is 1. The average Bonchev–Trinajstić information content (AvgIpc) is 3.61. The maximum Gasteiger partial charge on any atom is 0.307 e. The molecule has 1 aliphatic rings. The number of ether oxygens (including phenoxy) is 1. The molecular formula is C33H29N5O3S. The van der Waals surface area contributed by atoms with Gasteiger partial charge in [0.15, 0.2) is 5.82 Å². The van der Waals surface area contributed by atoms with E-state index in [2.05, 4.69) is 37.7 Å². The first-order valence-electron chi connectivity index (χ1n) is 14.2. The number of fused-ring (bicyclic) bond motifs is 2. The lowest BCUT2D eigenvalue weighted by molar-refractivity contribution is -0.143. The number of carboxylic acids is 1. The Labute approximate surface area is 246 Å². The van der Waals surface area contributed by atoms with E-state index in [1.54, 1.807) is 29.8 Å². The molecule has 9 heteroatoms. The van der Waals surface area contributed by atoms with Gasteiger partial charge in [-0.15, -0.1) is 11.3 Å². The summed E-state index contributed by atoms with van der Waals surface area (Å²) in [5, 5.41) is 11.0. The van der Waals surface area contributed by atoms with E-state index in [0.717, 1.165) is 62.5 Å². The van der Waals surface area contributed by atoms with Crippen LogP contribution < -0.4 is 4.74 Å². The predicted molar refractivity (Wildman–Crippen MR) is 163 cm³/mol. The van der Waals surface area contributed by atoms with Crippen molar-refractivity contribution in [1.82, 2.24) is 24.5 Å². The van der Waals surface area contributed by atoms with Crippen LogP contribution in [0.3, 0.4) is 0 Å². The van der Waals surface area contributed by atoms with Crippen LogP contribution in [0.4, 0.5) is 0 Å². The summed E-state index contributed by atoms with van der Waals surface area (Å²) < 4.78 is 9.48. The van der Waals surface area contributed by atoms with Gasteiger partial charge in [-0.2, -0.15) is 0 Å². The van der Waals surface area contributed by atoms with E-state index < -0.39 is 11.9 Å². The third-order valence-electron chi connectivity index (χ3n) is 7.98. The van der Waals surface area contributed by atoms with Gasteiger partial charge in [-0.05, 0) is 48.7 Å². The van der Waals surface area contributed by atoms with Gasteiger partial charge in [0.1, 0.15) is 23.2 Å². The largest absolute Gasteiger partial charge is 0.486 e. The summed E-state index contributed by atoms with van der Waals surface area (Å²) in [5.74, 6) is 0.891. The summed E-state index contributed by atoms with van der Waals surface area (Å²) in [6.45, 7) is 0.954. The van der Waals surface area contributed by atoms with E-state index in [4.69, 9.17) is 9.72 Å². The highest BCUT2D eigenvalue weighted by atomic mass is 32.1. The number of benzene rings is 3. The van der Waals surface area contributed by atoms with Gasteiger partial charge in [0.2, 0.25) is 0 Å². The molecule has 1 N–H and O–H groups in total. The number of imidazole rings is 1. The molecule has 1 fully saturated rings. The molecule has 42 heavy (non-hydrogen) atoms. The lowest BCUT2D eigenvalue weighted by atomic mass is 9.78. The zero-order valence-corrected chi connectivity index (χ0v) is 23.7. The summed E-state index contributed by atoms with van der Waals surface area (Å²) >= 11 is 1.63. The Hall–Kier alpha value is -4.63. The van der Waals surface area contributed by atoms with Crippen LogP contribution in [0.25, 0.3) is 32.6 Å². The van der Waals surface area contributed by atoms with Crippen LogP contribution in [-0.4, -0.2) is 35.6 Å². The maximum absolute atomic E-state index is 12.3. The van der Waals surface area contributed by atoms with Crippen molar-refractivity contribution in [2.24, 2.45) is 5.92 Å². The Bertz CT molecular complexity index is 1830. The number of rotatable bonds is 8. The Morgan fingerprint density at radius 3 is 2.55 bits per heavy atom. The third kappa shape index (κ3) is 5.23. The molecule has 2 unspecified atom stereocenters. The minimum absolute atomic E-state index is 0.146. The van der Waals surface area contributed by atoms with Crippen LogP contribution in [0.5, 0.6) is 5.75 Å². The number of carbonyl (C=O) groups is 1. The van der Waals surface area contributed by atoms with Crippen molar-refractivity contribution in [1.29, 1.82) is 0 Å². The number of para-hydroxylation sites is 1. The topological polar surface area (TPSA) is 103 Å². The Balaban J connectivity index is 1.21. The van der Waals surface area contributed by atoms with E-state index in [9.17, 15) is 9.90 Å². The first-order valence-corrected chi connectivity index (χ1v) is 15.0. The molecule has 1 aliphatic carbocycles. The second-order valence-corrected chi connectivity index (χ2v) is 11.8. The fourth-order valence-corrected chi connectivity index (χ4v) is 6.80. The molecular weight excluding hydrogens is 546 g/mol. The number of hydrogen-bond acceptors (Lipinski definition) is 7. The minimum atomic E-state index is -0.745. The van der Waals surface area contributed by atoms with Gasteiger partial charge in [-0.3, -0.25) is 4.79 Å². The smallest absolute Gasteiger partial charge is 0.307 e. The summed E-state index contributed by atoms with van der Waals surface area (Å²) in [6.07, 6.45) is 6.89. The molecule has 0 radical (unpaired) electrons. The minimum Gasteiger partial charge on any atom is -0.486 e. The van der Waals surface area contributed by atoms with E-state index in [1.165, 1.54) is 0 Å². The molecule has 2 atom stereocenters. The molecule has 0 spiro atoms. The first-order chi connectivity index (χ1) is 20.6. The summed E-state index contributed by atoms with van der Waals surface area (Å²) in [4.78, 5) is 30.7. The molecule has 3 heterocycles. The van der Waals surface area contributed by atoms with E-state index in [-0.39, 0.29) is 5.92 Å². The molecule has 210 valence electrons. The van der Waals surface area contributed by atoms with Crippen LogP contribution in [0.15, 0.2) is 85.2 Å². The molecule has 0 amide bonds. The molecule has 1 saturated carbocycles. The molecule has 0 bridgehead atoms. The fraction of sp³-hybridized carbons (Fsp3) is 0.242. The lowest BCUT2D eigenvalue weighted by Crippen LogP contribution is -2.27. The predicted octanol–water partition coefficient (Wildman–Crippen LogP) is 7.09. The van der Waals surface area contributed by atoms with E-state index >= 15 is 0 Å². The Morgan fingerprint density at radius 2 is 1.74 bits per heavy atom. The van der Waals surface area contributed by atoms with Crippen LogP contribution in [-0.2, 0) is 17.9 Å². The molecule has 0 saturated heterocycles. The summed E-state index contributed by atoms with van der Waals surface area (Å²) in [7, 11) is 0. The van der Waals surface area contributed by atoms with Gasteiger partial charge in [0, 0.05) is 36.5 Å². The van der Waals surface area contributed by atoms with Gasteiger partial charge < -0.3 is 14.4 Å². The highest BCUT2D eigenvalue weighted by Gasteiger charge is 2.35.